The Morgan fingerprint density at radius 2 is 2.05 bits per heavy atom. The number of likely N-dealkylation sites (N-methyl/N-ethyl adjacent to an activating group) is 1. The van der Waals surface area contributed by atoms with Crippen LogP contribution in [-0.2, 0) is 6.42 Å². The molecular formula is C17H26N2. The van der Waals surface area contributed by atoms with E-state index in [9.17, 15) is 0 Å². The summed E-state index contributed by atoms with van der Waals surface area (Å²) in [7, 11) is 2.22. The molecule has 2 nitrogen and oxygen atoms in total. The Morgan fingerprint density at radius 1 is 1.26 bits per heavy atom. The van der Waals surface area contributed by atoms with E-state index in [4.69, 9.17) is 0 Å². The first-order valence-corrected chi connectivity index (χ1v) is 7.59. The number of rotatable bonds is 2. The third-order valence-corrected chi connectivity index (χ3v) is 4.98. The molecule has 0 saturated carbocycles. The monoisotopic (exact) mass is 258 g/mol. The maximum atomic E-state index is 3.95. The van der Waals surface area contributed by atoms with Gasteiger partial charge in [-0.3, -0.25) is 0 Å². The zero-order valence-corrected chi connectivity index (χ0v) is 12.4. The first kappa shape index (κ1) is 13.1. The number of fused-ring (bicyclic) bond motifs is 1. The Morgan fingerprint density at radius 3 is 2.79 bits per heavy atom. The van der Waals surface area contributed by atoms with Crippen LogP contribution in [-0.4, -0.2) is 31.1 Å². The molecule has 1 aliphatic carbocycles. The summed E-state index contributed by atoms with van der Waals surface area (Å²) >= 11 is 0. The van der Waals surface area contributed by atoms with E-state index in [0.717, 1.165) is 0 Å². The third-order valence-electron chi connectivity index (χ3n) is 4.98. The van der Waals surface area contributed by atoms with E-state index in [1.165, 1.54) is 37.9 Å². The molecule has 1 saturated heterocycles. The van der Waals surface area contributed by atoms with Crippen molar-refractivity contribution in [3.05, 3.63) is 35.4 Å². The minimum Gasteiger partial charge on any atom is -0.305 e. The van der Waals surface area contributed by atoms with E-state index in [2.05, 4.69) is 55.4 Å². The second kappa shape index (κ2) is 4.92. The molecule has 1 aromatic carbocycles. The van der Waals surface area contributed by atoms with Crippen molar-refractivity contribution >= 4 is 0 Å². The van der Waals surface area contributed by atoms with E-state index in [1.54, 1.807) is 5.56 Å². The number of hydrogen-bond acceptors (Lipinski definition) is 2. The first-order chi connectivity index (χ1) is 9.06. The molecule has 0 amide bonds. The number of hydrogen-bond donors (Lipinski definition) is 1. The predicted octanol–water partition coefficient (Wildman–Crippen LogP) is 2.99. The molecule has 2 heteroatoms. The minimum absolute atomic E-state index is 0.357. The number of nitrogens with one attached hydrogen (secondary N) is 1. The minimum atomic E-state index is 0.357. The standard InChI is InChI=1S/C17H26N2/c1-17(2)10-8-13-6-4-5-7-15(13)16(17)18-14-9-11-19(3)12-14/h4-7,14,16,18H,8-12H2,1-3H3. The Hall–Kier alpha value is -0.860. The average Bonchev–Trinajstić information content (AvgIpc) is 2.79. The number of aryl methyl sites for hydroxylation is 1. The molecule has 0 bridgehead atoms. The van der Waals surface area contributed by atoms with Gasteiger partial charge in [0.2, 0.25) is 0 Å². The van der Waals surface area contributed by atoms with E-state index < -0.39 is 0 Å². The van der Waals surface area contributed by atoms with Crippen molar-refractivity contribution in [2.24, 2.45) is 5.41 Å². The topological polar surface area (TPSA) is 15.3 Å². The fourth-order valence-corrected chi connectivity index (χ4v) is 3.69. The molecule has 19 heavy (non-hydrogen) atoms. The van der Waals surface area contributed by atoms with Crippen molar-refractivity contribution in [2.45, 2.75) is 45.2 Å². The summed E-state index contributed by atoms with van der Waals surface area (Å²) in [5.41, 5.74) is 3.44. The molecule has 0 aromatic heterocycles. The molecule has 104 valence electrons. The predicted molar refractivity (Wildman–Crippen MR) is 80.3 cm³/mol. The van der Waals surface area contributed by atoms with E-state index in [-0.39, 0.29) is 0 Å². The lowest BCUT2D eigenvalue weighted by Crippen LogP contribution is -2.43. The van der Waals surface area contributed by atoms with Crippen LogP contribution in [0, 0.1) is 5.41 Å². The quantitative estimate of drug-likeness (QED) is 0.877. The van der Waals surface area contributed by atoms with Crippen molar-refractivity contribution in [3.8, 4) is 0 Å². The van der Waals surface area contributed by atoms with Crippen molar-refractivity contribution < 1.29 is 0 Å². The fraction of sp³-hybridized carbons (Fsp3) is 0.647. The summed E-state index contributed by atoms with van der Waals surface area (Å²) < 4.78 is 0. The lowest BCUT2D eigenvalue weighted by Gasteiger charge is -2.42. The van der Waals surface area contributed by atoms with Gasteiger partial charge in [-0.15, -0.1) is 0 Å². The largest absolute Gasteiger partial charge is 0.305 e. The van der Waals surface area contributed by atoms with Gasteiger partial charge in [-0.1, -0.05) is 38.1 Å². The Bertz CT molecular complexity index is 452. The first-order valence-electron chi connectivity index (χ1n) is 7.59. The second-order valence-electron chi connectivity index (χ2n) is 7.03. The van der Waals surface area contributed by atoms with Gasteiger partial charge < -0.3 is 10.2 Å². The summed E-state index contributed by atoms with van der Waals surface area (Å²) in [6, 6.07) is 10.2. The van der Waals surface area contributed by atoms with Gasteiger partial charge in [0.1, 0.15) is 0 Å². The van der Waals surface area contributed by atoms with Crippen molar-refractivity contribution in [3.63, 3.8) is 0 Å². The third kappa shape index (κ3) is 2.56. The molecule has 2 aliphatic rings. The van der Waals surface area contributed by atoms with Gasteiger partial charge in [-0.05, 0) is 49.4 Å². The highest BCUT2D eigenvalue weighted by Gasteiger charge is 2.37. The van der Waals surface area contributed by atoms with Gasteiger partial charge >= 0.3 is 0 Å². The van der Waals surface area contributed by atoms with Crippen LogP contribution in [0.4, 0.5) is 0 Å². The molecular weight excluding hydrogens is 232 g/mol. The second-order valence-corrected chi connectivity index (χ2v) is 7.03. The molecule has 2 atom stereocenters. The summed E-state index contributed by atoms with van der Waals surface area (Å²) in [6.45, 7) is 7.25. The smallest absolute Gasteiger partial charge is 0.0377 e. The Balaban J connectivity index is 1.84. The lowest BCUT2D eigenvalue weighted by molar-refractivity contribution is 0.193. The van der Waals surface area contributed by atoms with Crippen LogP contribution in [0.1, 0.15) is 43.9 Å². The molecule has 3 rings (SSSR count). The fourth-order valence-electron chi connectivity index (χ4n) is 3.69. The maximum Gasteiger partial charge on any atom is 0.0377 e. The number of likely N-dealkylation sites (tertiary alicyclic amines) is 1. The van der Waals surface area contributed by atoms with Crippen LogP contribution >= 0.6 is 0 Å². The molecule has 1 aliphatic heterocycles. The highest BCUT2D eigenvalue weighted by Crippen LogP contribution is 2.43. The maximum absolute atomic E-state index is 3.95. The SMILES string of the molecule is CN1CCC(NC2c3ccccc3CCC2(C)C)C1. The van der Waals surface area contributed by atoms with Crippen LogP contribution in [0.5, 0.6) is 0 Å². The van der Waals surface area contributed by atoms with Crippen molar-refractivity contribution in [2.75, 3.05) is 20.1 Å². The Labute approximate surface area is 117 Å². The molecule has 2 unspecified atom stereocenters. The van der Waals surface area contributed by atoms with E-state index in [0.29, 0.717) is 17.5 Å². The molecule has 0 spiro atoms. The number of nitrogens with zero attached hydrogens (tertiary/aromatic N) is 1. The molecule has 1 N–H and O–H groups in total. The van der Waals surface area contributed by atoms with Crippen LogP contribution in [0.25, 0.3) is 0 Å². The molecule has 0 radical (unpaired) electrons. The van der Waals surface area contributed by atoms with Crippen LogP contribution in [0.15, 0.2) is 24.3 Å². The zero-order chi connectivity index (χ0) is 13.5. The number of benzene rings is 1. The molecule has 1 aromatic rings. The molecule has 1 fully saturated rings. The van der Waals surface area contributed by atoms with Gasteiger partial charge in [0.05, 0.1) is 0 Å². The van der Waals surface area contributed by atoms with Gasteiger partial charge in [0.25, 0.3) is 0 Å². The normalized spacial score (nSPS) is 30.3. The van der Waals surface area contributed by atoms with Crippen molar-refractivity contribution in [1.29, 1.82) is 0 Å². The van der Waals surface area contributed by atoms with Crippen molar-refractivity contribution in [1.82, 2.24) is 10.2 Å². The van der Waals surface area contributed by atoms with Gasteiger partial charge in [-0.25, -0.2) is 0 Å². The summed E-state index contributed by atoms with van der Waals surface area (Å²) in [5.74, 6) is 0. The van der Waals surface area contributed by atoms with Crippen LogP contribution < -0.4 is 5.32 Å². The highest BCUT2D eigenvalue weighted by atomic mass is 15.2. The van der Waals surface area contributed by atoms with Crippen LogP contribution in [0.3, 0.4) is 0 Å². The average molecular weight is 258 g/mol. The highest BCUT2D eigenvalue weighted by molar-refractivity contribution is 5.34. The Kier molecular flexibility index (Phi) is 3.40. The van der Waals surface area contributed by atoms with E-state index >= 15 is 0 Å². The van der Waals surface area contributed by atoms with E-state index in [1.807, 2.05) is 0 Å². The van der Waals surface area contributed by atoms with Gasteiger partial charge in [-0.2, -0.15) is 0 Å². The van der Waals surface area contributed by atoms with Gasteiger partial charge in [0.15, 0.2) is 0 Å². The van der Waals surface area contributed by atoms with Crippen LogP contribution in [0.2, 0.25) is 0 Å². The van der Waals surface area contributed by atoms with Gasteiger partial charge in [0, 0.05) is 18.6 Å². The zero-order valence-electron chi connectivity index (χ0n) is 12.4. The summed E-state index contributed by atoms with van der Waals surface area (Å²) in [5, 5.41) is 3.95. The summed E-state index contributed by atoms with van der Waals surface area (Å²) in [6.07, 6.45) is 3.79. The lowest BCUT2D eigenvalue weighted by atomic mass is 9.70. The summed E-state index contributed by atoms with van der Waals surface area (Å²) in [4.78, 5) is 2.43. The molecule has 1 heterocycles.